The van der Waals surface area contributed by atoms with Gasteiger partial charge in [0.25, 0.3) is 0 Å². The summed E-state index contributed by atoms with van der Waals surface area (Å²) >= 11 is 0. The van der Waals surface area contributed by atoms with Crippen molar-refractivity contribution in [3.8, 4) is 11.8 Å². The molecule has 1 heterocycles. The monoisotopic (exact) mass is 170 g/mol. The normalized spacial score (nSPS) is 21.2. The summed E-state index contributed by atoms with van der Waals surface area (Å²) in [5.41, 5.74) is -0.374. The zero-order valence-electron chi connectivity index (χ0n) is 7.30. The standard InChI is InChI=1S/C9H14O3/c1-11-9(3-2-6-10)4-7-12-8-5-9/h10H,4-8H2,1H3. The lowest BCUT2D eigenvalue weighted by molar-refractivity contribution is -0.0525. The molecule has 12 heavy (non-hydrogen) atoms. The molecule has 0 aromatic carbocycles. The SMILES string of the molecule is COC1(C#CCO)CCOCC1. The molecule has 0 unspecified atom stereocenters. The van der Waals surface area contributed by atoms with E-state index in [1.807, 2.05) is 0 Å². The summed E-state index contributed by atoms with van der Waals surface area (Å²) in [7, 11) is 1.65. The second kappa shape index (κ2) is 4.46. The molecule has 3 nitrogen and oxygen atoms in total. The van der Waals surface area contributed by atoms with E-state index < -0.39 is 0 Å². The molecule has 0 bridgehead atoms. The topological polar surface area (TPSA) is 38.7 Å². The second-order valence-corrected chi connectivity index (χ2v) is 2.77. The zero-order valence-corrected chi connectivity index (χ0v) is 7.30. The smallest absolute Gasteiger partial charge is 0.132 e. The van der Waals surface area contributed by atoms with Crippen LogP contribution in [0, 0.1) is 11.8 Å². The lowest BCUT2D eigenvalue weighted by atomic mass is 9.95. The molecule has 1 fully saturated rings. The first-order valence-electron chi connectivity index (χ1n) is 4.07. The van der Waals surface area contributed by atoms with E-state index in [2.05, 4.69) is 11.8 Å². The number of methoxy groups -OCH3 is 1. The third kappa shape index (κ3) is 2.21. The van der Waals surface area contributed by atoms with Crippen molar-refractivity contribution in [1.82, 2.24) is 0 Å². The third-order valence-corrected chi connectivity index (χ3v) is 2.09. The Labute approximate surface area is 72.7 Å². The van der Waals surface area contributed by atoms with Gasteiger partial charge in [-0.1, -0.05) is 11.8 Å². The summed E-state index contributed by atoms with van der Waals surface area (Å²) < 4.78 is 10.5. The first-order valence-corrected chi connectivity index (χ1v) is 4.07. The number of rotatable bonds is 1. The van der Waals surface area contributed by atoms with Gasteiger partial charge < -0.3 is 14.6 Å². The molecule has 0 saturated carbocycles. The fourth-order valence-corrected chi connectivity index (χ4v) is 1.28. The molecule has 0 radical (unpaired) electrons. The molecule has 3 heteroatoms. The zero-order chi connectivity index (χ0) is 8.86. The van der Waals surface area contributed by atoms with Gasteiger partial charge in [0.05, 0.1) is 13.2 Å². The highest BCUT2D eigenvalue weighted by molar-refractivity contribution is 5.15. The summed E-state index contributed by atoms with van der Waals surface area (Å²) in [4.78, 5) is 0. The van der Waals surface area contributed by atoms with Crippen molar-refractivity contribution in [2.45, 2.75) is 18.4 Å². The Morgan fingerprint density at radius 2 is 2.17 bits per heavy atom. The maximum atomic E-state index is 8.55. The van der Waals surface area contributed by atoms with Crippen LogP contribution < -0.4 is 0 Å². The molecule has 68 valence electrons. The van der Waals surface area contributed by atoms with Gasteiger partial charge in [-0.25, -0.2) is 0 Å². The summed E-state index contributed by atoms with van der Waals surface area (Å²) in [6.45, 7) is 1.27. The van der Waals surface area contributed by atoms with Crippen LogP contribution in [0.1, 0.15) is 12.8 Å². The van der Waals surface area contributed by atoms with Gasteiger partial charge in [-0.15, -0.1) is 0 Å². The van der Waals surface area contributed by atoms with Gasteiger partial charge in [0.1, 0.15) is 12.2 Å². The van der Waals surface area contributed by atoms with Crippen LogP contribution in [0.4, 0.5) is 0 Å². The van der Waals surface area contributed by atoms with Gasteiger partial charge in [-0.2, -0.15) is 0 Å². The Hall–Kier alpha value is -0.560. The van der Waals surface area contributed by atoms with E-state index in [1.165, 1.54) is 0 Å². The van der Waals surface area contributed by atoms with Gasteiger partial charge >= 0.3 is 0 Å². The van der Waals surface area contributed by atoms with Crippen molar-refractivity contribution in [2.75, 3.05) is 26.9 Å². The molecule has 1 N–H and O–H groups in total. The quantitative estimate of drug-likeness (QED) is 0.570. The van der Waals surface area contributed by atoms with Crippen LogP contribution in [0.5, 0.6) is 0 Å². The van der Waals surface area contributed by atoms with Crippen molar-refractivity contribution < 1.29 is 14.6 Å². The van der Waals surface area contributed by atoms with Crippen LogP contribution in [0.15, 0.2) is 0 Å². The average molecular weight is 170 g/mol. The first kappa shape index (κ1) is 9.53. The van der Waals surface area contributed by atoms with E-state index in [4.69, 9.17) is 14.6 Å². The molecule has 1 rings (SSSR count). The summed E-state index contributed by atoms with van der Waals surface area (Å²) in [6, 6.07) is 0. The van der Waals surface area contributed by atoms with Gasteiger partial charge in [0, 0.05) is 20.0 Å². The lowest BCUT2D eigenvalue weighted by Crippen LogP contribution is -2.36. The van der Waals surface area contributed by atoms with Crippen LogP contribution in [0.2, 0.25) is 0 Å². The Balaban J connectivity index is 2.59. The largest absolute Gasteiger partial charge is 0.384 e. The minimum Gasteiger partial charge on any atom is -0.384 e. The highest BCUT2D eigenvalue weighted by Crippen LogP contribution is 2.23. The Kier molecular flexibility index (Phi) is 3.54. The van der Waals surface area contributed by atoms with Gasteiger partial charge in [-0.05, 0) is 0 Å². The predicted octanol–water partition coefficient (Wildman–Crippen LogP) is 0.178. The fraction of sp³-hybridized carbons (Fsp3) is 0.778. The van der Waals surface area contributed by atoms with E-state index >= 15 is 0 Å². The maximum absolute atomic E-state index is 8.55. The minimum atomic E-state index is -0.374. The Morgan fingerprint density at radius 1 is 1.50 bits per heavy atom. The lowest BCUT2D eigenvalue weighted by Gasteiger charge is -2.30. The molecule has 1 aliphatic rings. The second-order valence-electron chi connectivity index (χ2n) is 2.77. The predicted molar refractivity (Wildman–Crippen MR) is 44.7 cm³/mol. The van der Waals surface area contributed by atoms with E-state index in [1.54, 1.807) is 7.11 Å². The molecule has 1 saturated heterocycles. The fourth-order valence-electron chi connectivity index (χ4n) is 1.28. The number of hydrogen-bond acceptors (Lipinski definition) is 3. The highest BCUT2D eigenvalue weighted by Gasteiger charge is 2.29. The number of ether oxygens (including phenoxy) is 2. The van der Waals surface area contributed by atoms with E-state index in [0.29, 0.717) is 13.2 Å². The molecule has 0 amide bonds. The van der Waals surface area contributed by atoms with Crippen LogP contribution in [-0.2, 0) is 9.47 Å². The number of aliphatic hydroxyl groups excluding tert-OH is 1. The van der Waals surface area contributed by atoms with Crippen LogP contribution in [0.3, 0.4) is 0 Å². The van der Waals surface area contributed by atoms with E-state index in [0.717, 1.165) is 12.8 Å². The minimum absolute atomic E-state index is 0.105. The van der Waals surface area contributed by atoms with Gasteiger partial charge in [-0.3, -0.25) is 0 Å². The molecular weight excluding hydrogens is 156 g/mol. The van der Waals surface area contributed by atoms with Crippen LogP contribution in [0.25, 0.3) is 0 Å². The van der Waals surface area contributed by atoms with Crippen molar-refractivity contribution in [2.24, 2.45) is 0 Å². The van der Waals surface area contributed by atoms with Crippen molar-refractivity contribution >= 4 is 0 Å². The summed E-state index contributed by atoms with van der Waals surface area (Å²) in [5, 5.41) is 8.55. The highest BCUT2D eigenvalue weighted by atomic mass is 16.5. The molecule has 0 aromatic rings. The first-order chi connectivity index (χ1) is 5.83. The van der Waals surface area contributed by atoms with Crippen molar-refractivity contribution in [3.05, 3.63) is 0 Å². The summed E-state index contributed by atoms with van der Waals surface area (Å²) in [6.07, 6.45) is 1.58. The van der Waals surface area contributed by atoms with E-state index in [9.17, 15) is 0 Å². The van der Waals surface area contributed by atoms with Gasteiger partial charge in [0.15, 0.2) is 0 Å². The van der Waals surface area contributed by atoms with E-state index in [-0.39, 0.29) is 12.2 Å². The average Bonchev–Trinajstić information content (AvgIpc) is 2.16. The molecule has 0 spiro atoms. The van der Waals surface area contributed by atoms with Crippen molar-refractivity contribution in [1.29, 1.82) is 0 Å². The molecular formula is C9H14O3. The molecule has 1 aliphatic heterocycles. The molecule has 0 aliphatic carbocycles. The summed E-state index contributed by atoms with van der Waals surface area (Å²) in [5.74, 6) is 5.57. The maximum Gasteiger partial charge on any atom is 0.132 e. The molecule has 0 aromatic heterocycles. The molecule has 0 atom stereocenters. The number of hydrogen-bond donors (Lipinski definition) is 1. The third-order valence-electron chi connectivity index (χ3n) is 2.09. The Bertz CT molecular complexity index is 184. The van der Waals surface area contributed by atoms with Crippen LogP contribution in [-0.4, -0.2) is 37.6 Å². The number of aliphatic hydroxyl groups is 1. The Morgan fingerprint density at radius 3 is 2.67 bits per heavy atom. The van der Waals surface area contributed by atoms with Crippen LogP contribution >= 0.6 is 0 Å². The van der Waals surface area contributed by atoms with Gasteiger partial charge in [0.2, 0.25) is 0 Å². The van der Waals surface area contributed by atoms with Crippen molar-refractivity contribution in [3.63, 3.8) is 0 Å².